The Bertz CT molecular complexity index is 698. The molecule has 0 radical (unpaired) electrons. The molecule has 2 amide bonds. The number of primary amides is 1. The Kier molecular flexibility index (Phi) is 5.78. The van der Waals surface area contributed by atoms with Gasteiger partial charge >= 0.3 is 0 Å². The van der Waals surface area contributed by atoms with E-state index in [2.05, 4.69) is 5.32 Å². The Morgan fingerprint density at radius 2 is 1.80 bits per heavy atom. The third-order valence-corrected chi connectivity index (χ3v) is 6.19. The molecule has 3 rings (SSSR count). The Morgan fingerprint density at radius 3 is 2.52 bits per heavy atom. The summed E-state index contributed by atoms with van der Waals surface area (Å²) in [6.07, 6.45) is 5.11. The minimum atomic E-state index is -0.386. The fourth-order valence-corrected chi connectivity index (χ4v) is 4.63. The lowest BCUT2D eigenvalue weighted by atomic mass is 9.84. The number of halogens is 3. The Morgan fingerprint density at radius 1 is 1.12 bits per heavy atom. The molecule has 0 spiro atoms. The largest absolute Gasteiger partial charge is 0.368 e. The van der Waals surface area contributed by atoms with Crippen molar-refractivity contribution in [1.82, 2.24) is 4.90 Å². The Labute approximate surface area is 161 Å². The highest BCUT2D eigenvalue weighted by atomic mass is 35.5. The average Bonchev–Trinajstić information content (AvgIpc) is 2.91. The van der Waals surface area contributed by atoms with Gasteiger partial charge in [-0.1, -0.05) is 47.6 Å². The third kappa shape index (κ3) is 4.05. The molecule has 1 aliphatic carbocycles. The van der Waals surface area contributed by atoms with Gasteiger partial charge in [-0.2, -0.15) is 0 Å². The van der Waals surface area contributed by atoms with Gasteiger partial charge in [-0.25, -0.2) is 0 Å². The third-order valence-electron chi connectivity index (χ3n) is 5.16. The Hall–Kier alpha value is -1.01. The highest BCUT2D eigenvalue weighted by molar-refractivity contribution is 6.44. The second kappa shape index (κ2) is 7.70. The molecule has 0 bridgehead atoms. The van der Waals surface area contributed by atoms with Crippen LogP contribution in [0, 0.1) is 5.92 Å². The molecule has 1 saturated heterocycles. The molecule has 1 aromatic rings. The van der Waals surface area contributed by atoms with E-state index in [0.29, 0.717) is 26.7 Å². The van der Waals surface area contributed by atoms with E-state index in [0.717, 1.165) is 25.7 Å². The van der Waals surface area contributed by atoms with Gasteiger partial charge in [0, 0.05) is 6.04 Å². The highest BCUT2D eigenvalue weighted by Gasteiger charge is 2.44. The number of hydrogen-bond acceptors (Lipinski definition) is 3. The monoisotopic (exact) mass is 403 g/mol. The maximum absolute atomic E-state index is 12.5. The first-order valence-electron chi connectivity index (χ1n) is 8.36. The molecule has 2 aliphatic rings. The molecule has 3 atom stereocenters. The van der Waals surface area contributed by atoms with E-state index >= 15 is 0 Å². The standard InChI is InChI=1S/C17H20Cl3N3O2/c18-10-6-12(20)13(7-11(10)19)22-16(24)8-23-14-4-2-1-3-9(14)5-15(23)17(21)25/h6-7,9,14-15H,1-5,8H2,(H2,21,25)(H,22,24)/t9-,14-,15+/m1/s1. The van der Waals surface area contributed by atoms with Crippen LogP contribution in [0.3, 0.4) is 0 Å². The summed E-state index contributed by atoms with van der Waals surface area (Å²) in [6.45, 7) is 0.103. The highest BCUT2D eigenvalue weighted by Crippen LogP contribution is 2.39. The molecule has 0 aromatic heterocycles. The van der Waals surface area contributed by atoms with Crippen molar-refractivity contribution >= 4 is 52.3 Å². The number of nitrogens with two attached hydrogens (primary N) is 1. The number of fused-ring (bicyclic) bond motifs is 1. The van der Waals surface area contributed by atoms with E-state index < -0.39 is 0 Å². The van der Waals surface area contributed by atoms with E-state index in [1.165, 1.54) is 18.6 Å². The minimum absolute atomic E-state index is 0.103. The molecular weight excluding hydrogens is 385 g/mol. The summed E-state index contributed by atoms with van der Waals surface area (Å²) < 4.78 is 0. The number of likely N-dealkylation sites (tertiary alicyclic amines) is 1. The number of nitrogens with zero attached hydrogens (tertiary/aromatic N) is 1. The predicted molar refractivity (Wildman–Crippen MR) is 100 cm³/mol. The summed E-state index contributed by atoms with van der Waals surface area (Å²) >= 11 is 18.0. The van der Waals surface area contributed by atoms with Crippen LogP contribution in [0.1, 0.15) is 32.1 Å². The quantitative estimate of drug-likeness (QED) is 0.751. The summed E-state index contributed by atoms with van der Waals surface area (Å²) in [5.41, 5.74) is 5.96. The molecular formula is C17H20Cl3N3O2. The van der Waals surface area contributed by atoms with Gasteiger partial charge in [-0.3, -0.25) is 14.5 Å². The van der Waals surface area contributed by atoms with Crippen molar-refractivity contribution < 1.29 is 9.59 Å². The topological polar surface area (TPSA) is 75.4 Å². The number of hydrogen-bond donors (Lipinski definition) is 2. The van der Waals surface area contributed by atoms with E-state index in [9.17, 15) is 9.59 Å². The van der Waals surface area contributed by atoms with Crippen LogP contribution >= 0.6 is 34.8 Å². The van der Waals surface area contributed by atoms with Crippen molar-refractivity contribution in [3.8, 4) is 0 Å². The zero-order chi connectivity index (χ0) is 18.1. The zero-order valence-electron chi connectivity index (χ0n) is 13.6. The molecule has 1 heterocycles. The van der Waals surface area contributed by atoms with Crippen LogP contribution in [0.4, 0.5) is 5.69 Å². The van der Waals surface area contributed by atoms with Crippen LogP contribution in [0.25, 0.3) is 0 Å². The molecule has 136 valence electrons. The molecule has 1 aliphatic heterocycles. The van der Waals surface area contributed by atoms with Crippen LogP contribution in [0.2, 0.25) is 15.1 Å². The van der Waals surface area contributed by atoms with Gasteiger partial charge in [0.05, 0.1) is 33.3 Å². The molecule has 2 fully saturated rings. The van der Waals surface area contributed by atoms with Crippen molar-refractivity contribution in [2.45, 2.75) is 44.2 Å². The molecule has 3 N–H and O–H groups in total. The second-order valence-corrected chi connectivity index (χ2v) is 7.95. The van der Waals surface area contributed by atoms with Gasteiger partial charge in [0.1, 0.15) is 0 Å². The van der Waals surface area contributed by atoms with Gasteiger partial charge in [0.2, 0.25) is 11.8 Å². The van der Waals surface area contributed by atoms with Gasteiger partial charge in [-0.05, 0) is 37.3 Å². The first kappa shape index (κ1) is 18.8. The summed E-state index contributed by atoms with van der Waals surface area (Å²) in [5, 5.41) is 3.70. The molecule has 0 unspecified atom stereocenters. The average molecular weight is 405 g/mol. The van der Waals surface area contributed by atoms with E-state index in [4.69, 9.17) is 40.5 Å². The van der Waals surface area contributed by atoms with Crippen LogP contribution in [-0.2, 0) is 9.59 Å². The van der Waals surface area contributed by atoms with Crippen molar-refractivity contribution in [1.29, 1.82) is 0 Å². The maximum Gasteiger partial charge on any atom is 0.238 e. The number of nitrogens with one attached hydrogen (secondary N) is 1. The number of benzene rings is 1. The number of carbonyl (C=O) groups excluding carboxylic acids is 2. The van der Waals surface area contributed by atoms with Crippen LogP contribution in [0.15, 0.2) is 12.1 Å². The lowest BCUT2D eigenvalue weighted by Gasteiger charge is -2.32. The van der Waals surface area contributed by atoms with E-state index in [1.54, 1.807) is 0 Å². The molecule has 25 heavy (non-hydrogen) atoms. The summed E-state index contributed by atoms with van der Waals surface area (Å²) in [4.78, 5) is 26.3. The fourth-order valence-electron chi connectivity index (χ4n) is 4.03. The van der Waals surface area contributed by atoms with Crippen LogP contribution in [0.5, 0.6) is 0 Å². The molecule has 1 aromatic carbocycles. The summed E-state index contributed by atoms with van der Waals surface area (Å²) in [6, 6.07) is 2.85. The first-order valence-corrected chi connectivity index (χ1v) is 9.49. The molecule has 8 heteroatoms. The zero-order valence-corrected chi connectivity index (χ0v) is 15.9. The number of rotatable bonds is 4. The van der Waals surface area contributed by atoms with Crippen LogP contribution in [-0.4, -0.2) is 35.3 Å². The second-order valence-electron chi connectivity index (χ2n) is 6.73. The van der Waals surface area contributed by atoms with E-state index in [1.807, 2.05) is 4.90 Å². The summed E-state index contributed by atoms with van der Waals surface area (Å²) in [5.74, 6) is -0.180. The predicted octanol–water partition coefficient (Wildman–Crippen LogP) is 3.70. The maximum atomic E-state index is 12.5. The summed E-state index contributed by atoms with van der Waals surface area (Å²) in [7, 11) is 0. The van der Waals surface area contributed by atoms with Gasteiger partial charge in [0.25, 0.3) is 0 Å². The number of anilines is 1. The lowest BCUT2D eigenvalue weighted by Crippen LogP contribution is -2.48. The van der Waals surface area contributed by atoms with Gasteiger partial charge in [-0.15, -0.1) is 0 Å². The SMILES string of the molecule is NC(=O)[C@@H]1C[C@H]2CCCC[C@H]2N1CC(=O)Nc1cc(Cl)c(Cl)cc1Cl. The molecule has 1 saturated carbocycles. The van der Waals surface area contributed by atoms with Crippen molar-refractivity contribution in [3.63, 3.8) is 0 Å². The van der Waals surface area contributed by atoms with Crippen molar-refractivity contribution in [2.24, 2.45) is 11.7 Å². The Balaban J connectivity index is 1.72. The van der Waals surface area contributed by atoms with Gasteiger partial charge in [0.15, 0.2) is 0 Å². The van der Waals surface area contributed by atoms with Gasteiger partial charge < -0.3 is 11.1 Å². The van der Waals surface area contributed by atoms with E-state index in [-0.39, 0.29) is 30.4 Å². The van der Waals surface area contributed by atoms with Crippen molar-refractivity contribution in [2.75, 3.05) is 11.9 Å². The lowest BCUT2D eigenvalue weighted by molar-refractivity contribution is -0.124. The number of carbonyl (C=O) groups is 2. The van der Waals surface area contributed by atoms with Crippen LogP contribution < -0.4 is 11.1 Å². The fraction of sp³-hybridized carbons (Fsp3) is 0.529. The smallest absolute Gasteiger partial charge is 0.238 e. The molecule has 5 nitrogen and oxygen atoms in total. The number of amides is 2. The first-order chi connectivity index (χ1) is 11.9. The van der Waals surface area contributed by atoms with Crippen molar-refractivity contribution in [3.05, 3.63) is 27.2 Å². The minimum Gasteiger partial charge on any atom is -0.368 e. The normalized spacial score (nSPS) is 26.3.